The van der Waals surface area contributed by atoms with Crippen molar-refractivity contribution >= 4 is 35.3 Å². The average molecular weight is 640 g/mol. The maximum atomic E-state index is 13.6. The Labute approximate surface area is 272 Å². The van der Waals surface area contributed by atoms with Gasteiger partial charge in [0.2, 0.25) is 5.43 Å². The number of fused-ring (bicyclic) bond motifs is 1. The second kappa shape index (κ2) is 14.9. The zero-order valence-electron chi connectivity index (χ0n) is 26.4. The van der Waals surface area contributed by atoms with Crippen LogP contribution < -0.4 is 25.0 Å². The van der Waals surface area contributed by atoms with Crippen LogP contribution in [0.2, 0.25) is 0 Å². The number of nitrogens with zero attached hydrogens (tertiary/aromatic N) is 4. The maximum absolute atomic E-state index is 13.6. The third-order valence-corrected chi connectivity index (χ3v) is 8.74. The fourth-order valence-electron chi connectivity index (χ4n) is 5.16. The fourth-order valence-corrected chi connectivity index (χ4v) is 6.37. The van der Waals surface area contributed by atoms with Crippen LogP contribution in [-0.4, -0.2) is 53.1 Å². The first-order chi connectivity index (χ1) is 22.3. The molecule has 0 atom stereocenters. The predicted octanol–water partition coefficient (Wildman–Crippen LogP) is 6.18. The normalized spacial score (nSPS) is 14.2. The van der Waals surface area contributed by atoms with Crippen LogP contribution in [-0.2, 0) is 6.54 Å². The maximum Gasteiger partial charge on any atom is 0.281 e. The smallest absolute Gasteiger partial charge is 0.281 e. The highest BCUT2D eigenvalue weighted by molar-refractivity contribution is 7.99. The van der Waals surface area contributed by atoms with E-state index in [2.05, 4.69) is 27.1 Å². The third kappa shape index (κ3) is 7.66. The highest BCUT2D eigenvalue weighted by Gasteiger charge is 2.21. The number of rotatable bonds is 11. The van der Waals surface area contributed by atoms with Crippen LogP contribution in [0.3, 0.4) is 0 Å². The highest BCUT2D eigenvalue weighted by atomic mass is 32.2. The van der Waals surface area contributed by atoms with Crippen molar-refractivity contribution in [1.82, 2.24) is 20.1 Å². The Bertz CT molecular complexity index is 1860. The van der Waals surface area contributed by atoms with Crippen LogP contribution in [0, 0.1) is 12.8 Å². The summed E-state index contributed by atoms with van der Waals surface area (Å²) < 4.78 is 18.7. The van der Waals surface area contributed by atoms with Crippen molar-refractivity contribution in [2.24, 2.45) is 10.9 Å². The SMILES string of the molecule is C=N/C(=C\C=C(/C)Oc1ccnc2cc(OC)c(OC)cc12)NC(=O)c1nn(CC2CCSCC2)cc(-c2ccc(C)cc2)c1=O. The van der Waals surface area contributed by atoms with E-state index in [1.807, 2.05) is 43.0 Å². The van der Waals surface area contributed by atoms with E-state index in [1.165, 1.54) is 0 Å². The fraction of sp³-hybridized carbons (Fsp3) is 0.286. The summed E-state index contributed by atoms with van der Waals surface area (Å²) in [6.45, 7) is 7.97. The molecule has 2 aromatic carbocycles. The topological polar surface area (TPSA) is 117 Å². The summed E-state index contributed by atoms with van der Waals surface area (Å²) in [7, 11) is 3.13. The third-order valence-electron chi connectivity index (χ3n) is 7.70. The second-order valence-corrected chi connectivity index (χ2v) is 12.2. The number of ether oxygens (including phenoxy) is 3. The van der Waals surface area contributed by atoms with Gasteiger partial charge in [-0.2, -0.15) is 16.9 Å². The van der Waals surface area contributed by atoms with Gasteiger partial charge in [0.25, 0.3) is 5.91 Å². The van der Waals surface area contributed by atoms with Gasteiger partial charge in [-0.3, -0.25) is 19.3 Å². The van der Waals surface area contributed by atoms with E-state index in [1.54, 1.807) is 68.6 Å². The Morgan fingerprint density at radius 3 is 2.50 bits per heavy atom. The molecule has 0 radical (unpaired) electrons. The van der Waals surface area contributed by atoms with Crippen molar-refractivity contribution in [2.75, 3.05) is 25.7 Å². The lowest BCUT2D eigenvalue weighted by atomic mass is 10.0. The standard InChI is InChI=1S/C35H37N5O5S/c1-22-6-9-25(10-7-22)27-21-40(20-24-13-16-46-17-14-24)39-33(34(27)41)35(42)38-32(36-3)11-8-23(2)45-29-12-15-37-28-19-31(44-5)30(43-4)18-26(28)29/h6-12,15,18-19,21,24H,3,13-14,16-17,20H2,1-2,4-5H3,(H,38,42)/b23-8+,32-11+. The lowest BCUT2D eigenvalue weighted by Gasteiger charge is -2.22. The largest absolute Gasteiger partial charge is 0.493 e. The van der Waals surface area contributed by atoms with Crippen LogP contribution in [0.1, 0.15) is 35.8 Å². The van der Waals surface area contributed by atoms with Crippen molar-refractivity contribution in [3.8, 4) is 28.4 Å². The number of nitrogens with one attached hydrogen (secondary N) is 1. The lowest BCUT2D eigenvalue weighted by molar-refractivity contribution is 0.0956. The molecule has 46 heavy (non-hydrogen) atoms. The van der Waals surface area contributed by atoms with E-state index in [4.69, 9.17) is 14.2 Å². The number of thioether (sulfide) groups is 1. The summed E-state index contributed by atoms with van der Waals surface area (Å²) in [5.41, 5.74) is 2.24. The summed E-state index contributed by atoms with van der Waals surface area (Å²) in [5, 5.41) is 7.92. The minimum absolute atomic E-state index is 0.136. The Balaban J connectivity index is 1.40. The summed E-state index contributed by atoms with van der Waals surface area (Å²) in [6, 6.07) is 13.0. The van der Waals surface area contributed by atoms with Crippen LogP contribution in [0.5, 0.6) is 17.2 Å². The first-order valence-corrected chi connectivity index (χ1v) is 16.1. The molecule has 1 amide bonds. The number of carbonyl (C=O) groups excluding carboxylic acids is 1. The van der Waals surface area contributed by atoms with Gasteiger partial charge < -0.3 is 19.5 Å². The molecule has 5 rings (SSSR count). The minimum atomic E-state index is -0.668. The quantitative estimate of drug-likeness (QED) is 0.117. The minimum Gasteiger partial charge on any atom is -0.493 e. The van der Waals surface area contributed by atoms with Crippen molar-refractivity contribution < 1.29 is 19.0 Å². The molecule has 0 saturated carbocycles. The van der Waals surface area contributed by atoms with E-state index < -0.39 is 11.3 Å². The number of allylic oxidation sites excluding steroid dienone is 3. The van der Waals surface area contributed by atoms with Crippen molar-refractivity contribution in [1.29, 1.82) is 0 Å². The number of aryl methyl sites for hydroxylation is 1. The van der Waals surface area contributed by atoms with E-state index in [-0.39, 0.29) is 11.5 Å². The van der Waals surface area contributed by atoms with Crippen molar-refractivity contribution in [3.63, 3.8) is 0 Å². The van der Waals surface area contributed by atoms with E-state index >= 15 is 0 Å². The van der Waals surface area contributed by atoms with Gasteiger partial charge in [0.1, 0.15) is 17.3 Å². The molecule has 1 aliphatic rings. The number of pyridine rings is 1. The number of benzene rings is 2. The van der Waals surface area contributed by atoms with Gasteiger partial charge in [-0.05, 0) is 80.7 Å². The van der Waals surface area contributed by atoms with E-state index in [9.17, 15) is 9.59 Å². The van der Waals surface area contributed by atoms with E-state index in [0.717, 1.165) is 40.9 Å². The van der Waals surface area contributed by atoms with Gasteiger partial charge >= 0.3 is 0 Å². The molecule has 0 aliphatic carbocycles. The van der Waals surface area contributed by atoms with E-state index in [0.29, 0.717) is 46.6 Å². The summed E-state index contributed by atoms with van der Waals surface area (Å²) in [6.07, 6.45) is 8.73. The van der Waals surface area contributed by atoms with Crippen LogP contribution in [0.25, 0.3) is 22.0 Å². The molecule has 0 bridgehead atoms. The summed E-state index contributed by atoms with van der Waals surface area (Å²) in [5.74, 6) is 4.26. The molecule has 238 valence electrons. The van der Waals surface area contributed by atoms with Gasteiger partial charge in [-0.15, -0.1) is 0 Å². The molecule has 0 unspecified atom stereocenters. The Hall–Kier alpha value is -4.90. The van der Waals surface area contributed by atoms with Crippen LogP contribution in [0.4, 0.5) is 0 Å². The molecule has 10 nitrogen and oxygen atoms in total. The molecular weight excluding hydrogens is 602 g/mol. The molecule has 2 aromatic heterocycles. The van der Waals surface area contributed by atoms with Crippen LogP contribution in [0.15, 0.2) is 88.4 Å². The van der Waals surface area contributed by atoms with Gasteiger partial charge in [0, 0.05) is 36.0 Å². The Kier molecular flexibility index (Phi) is 10.5. The monoisotopic (exact) mass is 639 g/mol. The second-order valence-electron chi connectivity index (χ2n) is 10.9. The molecule has 1 aliphatic heterocycles. The first-order valence-electron chi connectivity index (χ1n) is 14.9. The number of hydrogen-bond acceptors (Lipinski definition) is 9. The lowest BCUT2D eigenvalue weighted by Crippen LogP contribution is -2.32. The summed E-state index contributed by atoms with van der Waals surface area (Å²) in [4.78, 5) is 35.5. The molecule has 4 aromatic rings. The molecule has 0 spiro atoms. The zero-order chi connectivity index (χ0) is 32.6. The number of methoxy groups -OCH3 is 2. The highest BCUT2D eigenvalue weighted by Crippen LogP contribution is 2.35. The average Bonchev–Trinajstić information content (AvgIpc) is 3.07. The Morgan fingerprint density at radius 2 is 1.80 bits per heavy atom. The Morgan fingerprint density at radius 1 is 1.09 bits per heavy atom. The summed E-state index contributed by atoms with van der Waals surface area (Å²) >= 11 is 1.95. The molecule has 1 N–H and O–H groups in total. The van der Waals surface area contributed by atoms with Gasteiger partial charge in [0.05, 0.1) is 19.7 Å². The van der Waals surface area contributed by atoms with Gasteiger partial charge in [-0.1, -0.05) is 29.8 Å². The first kappa shape index (κ1) is 32.5. The molecular formula is C35H37N5O5S. The molecule has 3 heterocycles. The number of aromatic nitrogens is 3. The number of aliphatic imine (C=N–C) groups is 1. The zero-order valence-corrected chi connectivity index (χ0v) is 27.2. The number of amides is 1. The van der Waals surface area contributed by atoms with Crippen molar-refractivity contribution in [2.45, 2.75) is 33.2 Å². The van der Waals surface area contributed by atoms with Gasteiger partial charge in [0.15, 0.2) is 17.2 Å². The van der Waals surface area contributed by atoms with Crippen LogP contribution >= 0.6 is 11.8 Å². The molecule has 11 heteroatoms. The number of carbonyl (C=O) groups is 1. The molecule has 1 fully saturated rings. The predicted molar refractivity (Wildman–Crippen MR) is 183 cm³/mol. The number of hydrogen-bond donors (Lipinski definition) is 1. The van der Waals surface area contributed by atoms with Crippen molar-refractivity contribution in [3.05, 3.63) is 100 Å². The molecule has 1 saturated heterocycles. The van der Waals surface area contributed by atoms with Gasteiger partial charge in [-0.25, -0.2) is 4.99 Å².